The molecule has 0 saturated heterocycles. The Morgan fingerprint density at radius 3 is 2.63 bits per heavy atom. The summed E-state index contributed by atoms with van der Waals surface area (Å²) < 4.78 is 9.89. The van der Waals surface area contributed by atoms with Gasteiger partial charge < -0.3 is 14.6 Å². The first kappa shape index (κ1) is 13.5. The van der Waals surface area contributed by atoms with Gasteiger partial charge in [-0.1, -0.05) is 6.07 Å². The first-order valence-electron chi connectivity index (χ1n) is 6.07. The zero-order chi connectivity index (χ0) is 14.4. The number of benzene rings is 1. The van der Waals surface area contributed by atoms with Gasteiger partial charge in [0.2, 0.25) is 5.79 Å². The molecule has 1 aliphatic rings. The van der Waals surface area contributed by atoms with Crippen LogP contribution in [0, 0.1) is 13.8 Å². The van der Waals surface area contributed by atoms with Gasteiger partial charge in [-0.15, -0.1) is 0 Å². The third-order valence-corrected chi connectivity index (χ3v) is 3.16. The molecule has 1 atom stereocenters. The molecular weight excluding hydrogens is 248 g/mol. The van der Waals surface area contributed by atoms with E-state index in [1.54, 1.807) is 26.8 Å². The zero-order valence-corrected chi connectivity index (χ0v) is 11.4. The maximum atomic E-state index is 12.0. The number of hydrogen-bond donors (Lipinski definition) is 1. The number of hydrogen-bond acceptors (Lipinski definition) is 5. The molecule has 5 heteroatoms. The Bertz CT molecular complexity index is 572. The second-order valence-electron chi connectivity index (χ2n) is 4.73. The topological polar surface area (TPSA) is 72.8 Å². The maximum absolute atomic E-state index is 12.0. The van der Waals surface area contributed by atoms with Crippen LogP contribution in [0.5, 0.6) is 0 Å². The zero-order valence-electron chi connectivity index (χ0n) is 11.4. The van der Waals surface area contributed by atoms with E-state index in [-0.39, 0.29) is 17.7 Å². The number of aryl methyl sites for hydroxylation is 2. The van der Waals surface area contributed by atoms with Crippen molar-refractivity contribution in [2.24, 2.45) is 0 Å². The lowest BCUT2D eigenvalue weighted by atomic mass is 9.90. The van der Waals surface area contributed by atoms with E-state index < -0.39 is 17.7 Å². The molecule has 102 valence electrons. The lowest BCUT2D eigenvalue weighted by molar-refractivity contribution is -0.147. The molecule has 2 rings (SSSR count). The highest BCUT2D eigenvalue weighted by atomic mass is 16.7. The van der Waals surface area contributed by atoms with Crippen molar-refractivity contribution in [2.45, 2.75) is 33.5 Å². The molecule has 0 fully saturated rings. The highest BCUT2D eigenvalue weighted by molar-refractivity contribution is 6.07. The maximum Gasteiger partial charge on any atom is 0.342 e. The summed E-state index contributed by atoms with van der Waals surface area (Å²) in [6.07, 6.45) is 0. The summed E-state index contributed by atoms with van der Waals surface area (Å²) in [5.74, 6) is -2.98. The van der Waals surface area contributed by atoms with Gasteiger partial charge in [0.05, 0.1) is 17.7 Å². The quantitative estimate of drug-likeness (QED) is 0.825. The van der Waals surface area contributed by atoms with Crippen LogP contribution in [0.4, 0.5) is 0 Å². The summed E-state index contributed by atoms with van der Waals surface area (Å²) in [7, 11) is 0. The van der Waals surface area contributed by atoms with Crippen LogP contribution < -0.4 is 0 Å². The summed E-state index contributed by atoms with van der Waals surface area (Å²) >= 11 is 0. The monoisotopic (exact) mass is 264 g/mol. The third-order valence-electron chi connectivity index (χ3n) is 3.16. The Labute approximate surface area is 111 Å². The molecule has 5 nitrogen and oxygen atoms in total. The average molecular weight is 264 g/mol. The highest BCUT2D eigenvalue weighted by Crippen LogP contribution is 2.39. The van der Waals surface area contributed by atoms with Crippen LogP contribution in [0.3, 0.4) is 0 Å². The normalized spacial score (nSPS) is 21.0. The molecule has 0 saturated carbocycles. The Hall–Kier alpha value is -1.88. The van der Waals surface area contributed by atoms with Crippen molar-refractivity contribution in [3.05, 3.63) is 33.9 Å². The van der Waals surface area contributed by atoms with E-state index in [1.165, 1.54) is 6.92 Å². The van der Waals surface area contributed by atoms with Crippen molar-refractivity contribution < 1.29 is 24.2 Å². The van der Waals surface area contributed by atoms with Crippen molar-refractivity contribution in [3.8, 4) is 0 Å². The van der Waals surface area contributed by atoms with Gasteiger partial charge in [-0.05, 0) is 31.9 Å². The van der Waals surface area contributed by atoms with Gasteiger partial charge in [0.1, 0.15) is 0 Å². The summed E-state index contributed by atoms with van der Waals surface area (Å²) in [6, 6.07) is 1.74. The van der Waals surface area contributed by atoms with Gasteiger partial charge in [-0.3, -0.25) is 0 Å². The number of esters is 2. The smallest absolute Gasteiger partial charge is 0.342 e. The van der Waals surface area contributed by atoms with Crippen LogP contribution in [0.1, 0.15) is 51.3 Å². The molecule has 0 spiro atoms. The summed E-state index contributed by atoms with van der Waals surface area (Å²) in [5, 5.41) is 10.1. The van der Waals surface area contributed by atoms with Gasteiger partial charge in [-0.25, -0.2) is 9.59 Å². The largest absolute Gasteiger partial charge is 0.462 e. The number of cyclic esters (lactones) is 1. The summed E-state index contributed by atoms with van der Waals surface area (Å²) in [4.78, 5) is 23.9. The molecular formula is C14H16O5. The van der Waals surface area contributed by atoms with E-state index in [1.807, 2.05) is 0 Å². The standard InChI is InChI=1S/C14H16O5/c1-5-18-12(15)9-7(2)6-8(3)11-10(9)13(16)19-14(11,4)17/h6,17H,5H2,1-4H3. The molecule has 1 aromatic rings. The lowest BCUT2D eigenvalue weighted by Gasteiger charge is -2.18. The molecule has 1 N–H and O–H groups in total. The molecule has 0 aliphatic carbocycles. The van der Waals surface area contributed by atoms with Gasteiger partial charge in [0.15, 0.2) is 0 Å². The highest BCUT2D eigenvalue weighted by Gasteiger charge is 2.44. The SMILES string of the molecule is CCOC(=O)c1c(C)cc(C)c2c1C(=O)OC2(C)O. The minimum Gasteiger partial charge on any atom is -0.462 e. The van der Waals surface area contributed by atoms with Crippen molar-refractivity contribution >= 4 is 11.9 Å². The second-order valence-corrected chi connectivity index (χ2v) is 4.73. The number of carbonyl (C=O) groups excluding carboxylic acids is 2. The fourth-order valence-electron chi connectivity index (χ4n) is 2.54. The van der Waals surface area contributed by atoms with E-state index in [9.17, 15) is 14.7 Å². The van der Waals surface area contributed by atoms with Gasteiger partial charge in [0.25, 0.3) is 0 Å². The minimum atomic E-state index is -1.70. The molecule has 1 heterocycles. The van der Waals surface area contributed by atoms with Crippen molar-refractivity contribution in [1.82, 2.24) is 0 Å². The molecule has 1 aliphatic heterocycles. The molecule has 1 aromatic carbocycles. The minimum absolute atomic E-state index is 0.112. The Morgan fingerprint density at radius 2 is 2.05 bits per heavy atom. The first-order valence-corrected chi connectivity index (χ1v) is 6.07. The summed E-state index contributed by atoms with van der Waals surface area (Å²) in [6.45, 7) is 6.77. The van der Waals surface area contributed by atoms with Gasteiger partial charge >= 0.3 is 11.9 Å². The summed E-state index contributed by atoms with van der Waals surface area (Å²) in [5.41, 5.74) is 1.96. The number of fused-ring (bicyclic) bond motifs is 1. The fraction of sp³-hybridized carbons (Fsp3) is 0.429. The van der Waals surface area contributed by atoms with Crippen LogP contribution in [0.15, 0.2) is 6.07 Å². The molecule has 0 aromatic heterocycles. The number of aliphatic hydroxyl groups is 1. The van der Waals surface area contributed by atoms with Crippen molar-refractivity contribution in [1.29, 1.82) is 0 Å². The average Bonchev–Trinajstić information content (AvgIpc) is 2.49. The third kappa shape index (κ3) is 2.00. The molecule has 19 heavy (non-hydrogen) atoms. The molecule has 1 unspecified atom stereocenters. The predicted molar refractivity (Wildman–Crippen MR) is 66.9 cm³/mol. The van der Waals surface area contributed by atoms with E-state index in [2.05, 4.69) is 0 Å². The Morgan fingerprint density at radius 1 is 1.42 bits per heavy atom. The number of carbonyl (C=O) groups is 2. The van der Waals surface area contributed by atoms with Crippen LogP contribution in [-0.4, -0.2) is 23.7 Å². The van der Waals surface area contributed by atoms with Crippen molar-refractivity contribution in [3.63, 3.8) is 0 Å². The van der Waals surface area contributed by atoms with E-state index in [0.717, 1.165) is 0 Å². The van der Waals surface area contributed by atoms with E-state index in [4.69, 9.17) is 9.47 Å². The second kappa shape index (κ2) is 4.35. The Balaban J connectivity index is 2.74. The lowest BCUT2D eigenvalue weighted by Crippen LogP contribution is -2.21. The van der Waals surface area contributed by atoms with Crippen LogP contribution in [0.2, 0.25) is 0 Å². The van der Waals surface area contributed by atoms with Gasteiger partial charge in [-0.2, -0.15) is 0 Å². The van der Waals surface area contributed by atoms with Gasteiger partial charge in [0, 0.05) is 12.5 Å². The Kier molecular flexibility index (Phi) is 3.10. The van der Waals surface area contributed by atoms with E-state index >= 15 is 0 Å². The van der Waals surface area contributed by atoms with Crippen LogP contribution in [0.25, 0.3) is 0 Å². The number of ether oxygens (including phenoxy) is 2. The predicted octanol–water partition coefficient (Wildman–Crippen LogP) is 1.82. The van der Waals surface area contributed by atoms with Crippen molar-refractivity contribution in [2.75, 3.05) is 6.61 Å². The van der Waals surface area contributed by atoms with E-state index in [0.29, 0.717) is 16.7 Å². The molecule has 0 bridgehead atoms. The molecule has 0 amide bonds. The first-order chi connectivity index (χ1) is 8.79. The molecule has 0 radical (unpaired) electrons. The number of rotatable bonds is 2. The van der Waals surface area contributed by atoms with Crippen LogP contribution >= 0.6 is 0 Å². The van der Waals surface area contributed by atoms with Crippen LogP contribution in [-0.2, 0) is 15.3 Å². The fourth-order valence-corrected chi connectivity index (χ4v) is 2.54.